The Bertz CT molecular complexity index is 643. The molecule has 0 unspecified atom stereocenters. The maximum Gasteiger partial charge on any atom is 0.339 e. The molecule has 0 aliphatic carbocycles. The summed E-state index contributed by atoms with van der Waals surface area (Å²) < 4.78 is 34.1. The molecule has 4 nitrogen and oxygen atoms in total. The molecule has 0 saturated carbocycles. The van der Waals surface area contributed by atoms with Crippen molar-refractivity contribution in [2.45, 2.75) is 11.8 Å². The molecule has 2 aromatic carbocycles. The van der Waals surface area contributed by atoms with Gasteiger partial charge in [0.15, 0.2) is 0 Å². The minimum absolute atomic E-state index is 0.133. The molecule has 0 radical (unpaired) electrons. The van der Waals surface area contributed by atoms with E-state index in [1.165, 1.54) is 12.1 Å². The van der Waals surface area contributed by atoms with Crippen LogP contribution >= 0.6 is 0 Å². The van der Waals surface area contributed by atoms with Crippen LogP contribution in [0, 0.1) is 6.92 Å². The van der Waals surface area contributed by atoms with Crippen molar-refractivity contribution in [2.75, 3.05) is 7.11 Å². The van der Waals surface area contributed by atoms with Gasteiger partial charge in [-0.1, -0.05) is 17.7 Å². The molecule has 0 aliphatic rings. The maximum absolute atomic E-state index is 12.0. The van der Waals surface area contributed by atoms with E-state index < -0.39 is 10.1 Å². The Morgan fingerprint density at radius 2 is 1.37 bits per heavy atom. The van der Waals surface area contributed by atoms with Crippen LogP contribution in [0.3, 0.4) is 0 Å². The predicted molar refractivity (Wildman–Crippen MR) is 72.0 cm³/mol. The summed E-state index contributed by atoms with van der Waals surface area (Å²) in [6.45, 7) is 1.89. The van der Waals surface area contributed by atoms with Crippen LogP contribution in [0.5, 0.6) is 11.5 Å². The second-order valence-corrected chi connectivity index (χ2v) is 5.57. The fourth-order valence-electron chi connectivity index (χ4n) is 1.51. The minimum atomic E-state index is -3.79. The number of methoxy groups -OCH3 is 1. The van der Waals surface area contributed by atoms with Crippen molar-refractivity contribution in [3.8, 4) is 11.5 Å². The lowest BCUT2D eigenvalue weighted by Gasteiger charge is -2.07. The fourth-order valence-corrected chi connectivity index (χ4v) is 2.44. The van der Waals surface area contributed by atoms with E-state index in [9.17, 15) is 8.42 Å². The number of aryl methyl sites for hydroxylation is 1. The molecule has 0 N–H and O–H groups in total. The van der Waals surface area contributed by atoms with Gasteiger partial charge in [0.25, 0.3) is 0 Å². The Labute approximate surface area is 112 Å². The first-order chi connectivity index (χ1) is 9.01. The molecular formula is C14H14O4S. The SMILES string of the molecule is COc1ccc(OS(=O)(=O)c2ccc(C)cc2)cc1. The van der Waals surface area contributed by atoms with Crippen molar-refractivity contribution in [3.05, 3.63) is 54.1 Å². The third-order valence-electron chi connectivity index (χ3n) is 2.58. The quantitative estimate of drug-likeness (QED) is 0.807. The standard InChI is InChI=1S/C14H14O4S/c1-11-3-9-14(10-4-11)19(15,16)18-13-7-5-12(17-2)6-8-13/h3-10H,1-2H3. The van der Waals surface area contributed by atoms with Crippen LogP contribution < -0.4 is 8.92 Å². The first kappa shape index (κ1) is 13.4. The zero-order chi connectivity index (χ0) is 13.9. The Balaban J connectivity index is 2.23. The zero-order valence-corrected chi connectivity index (χ0v) is 11.5. The zero-order valence-electron chi connectivity index (χ0n) is 10.7. The van der Waals surface area contributed by atoms with Crippen molar-refractivity contribution >= 4 is 10.1 Å². The summed E-state index contributed by atoms with van der Waals surface area (Å²) in [7, 11) is -2.25. The van der Waals surface area contributed by atoms with E-state index in [0.29, 0.717) is 5.75 Å². The average Bonchev–Trinajstić information content (AvgIpc) is 2.40. The summed E-state index contributed by atoms with van der Waals surface area (Å²) in [4.78, 5) is 0.133. The highest BCUT2D eigenvalue weighted by Crippen LogP contribution is 2.21. The molecule has 19 heavy (non-hydrogen) atoms. The predicted octanol–water partition coefficient (Wildman–Crippen LogP) is 2.77. The van der Waals surface area contributed by atoms with Gasteiger partial charge in [-0.25, -0.2) is 0 Å². The lowest BCUT2D eigenvalue weighted by atomic mass is 10.2. The molecule has 0 heterocycles. The highest BCUT2D eigenvalue weighted by molar-refractivity contribution is 7.87. The van der Waals surface area contributed by atoms with Crippen LogP contribution in [0.1, 0.15) is 5.56 Å². The molecule has 0 atom stereocenters. The number of ether oxygens (including phenoxy) is 1. The van der Waals surface area contributed by atoms with Gasteiger partial charge >= 0.3 is 10.1 Å². The van der Waals surface area contributed by atoms with Gasteiger partial charge in [-0.3, -0.25) is 0 Å². The van der Waals surface area contributed by atoms with Gasteiger partial charge in [0.2, 0.25) is 0 Å². The van der Waals surface area contributed by atoms with E-state index in [1.54, 1.807) is 43.5 Å². The van der Waals surface area contributed by atoms with Crippen molar-refractivity contribution < 1.29 is 17.3 Å². The molecule has 0 fully saturated rings. The van der Waals surface area contributed by atoms with Crippen LogP contribution in [0.2, 0.25) is 0 Å². The maximum atomic E-state index is 12.0. The molecule has 0 aliphatic heterocycles. The third-order valence-corrected chi connectivity index (χ3v) is 3.84. The van der Waals surface area contributed by atoms with E-state index in [2.05, 4.69) is 0 Å². The molecular weight excluding hydrogens is 264 g/mol. The smallest absolute Gasteiger partial charge is 0.339 e. The van der Waals surface area contributed by atoms with Crippen molar-refractivity contribution in [3.63, 3.8) is 0 Å². The second kappa shape index (κ2) is 5.32. The number of hydrogen-bond donors (Lipinski definition) is 0. The molecule has 0 bridgehead atoms. The molecule has 2 rings (SSSR count). The largest absolute Gasteiger partial charge is 0.497 e. The van der Waals surface area contributed by atoms with Crippen molar-refractivity contribution in [2.24, 2.45) is 0 Å². The highest BCUT2D eigenvalue weighted by Gasteiger charge is 2.16. The summed E-state index contributed by atoms with van der Waals surface area (Å²) in [6, 6.07) is 12.9. The normalized spacial score (nSPS) is 11.1. The van der Waals surface area contributed by atoms with Crippen LogP contribution in [-0.2, 0) is 10.1 Å². The topological polar surface area (TPSA) is 52.6 Å². The van der Waals surface area contributed by atoms with Crippen LogP contribution in [0.15, 0.2) is 53.4 Å². The molecule has 0 saturated heterocycles. The van der Waals surface area contributed by atoms with Crippen LogP contribution in [-0.4, -0.2) is 15.5 Å². The van der Waals surface area contributed by atoms with E-state index in [0.717, 1.165) is 5.56 Å². The van der Waals surface area contributed by atoms with Crippen molar-refractivity contribution in [1.82, 2.24) is 0 Å². The van der Waals surface area contributed by atoms with Gasteiger partial charge < -0.3 is 8.92 Å². The molecule has 0 aromatic heterocycles. The Morgan fingerprint density at radius 1 is 0.842 bits per heavy atom. The Hall–Kier alpha value is -2.01. The van der Waals surface area contributed by atoms with Gasteiger partial charge in [-0.15, -0.1) is 0 Å². The monoisotopic (exact) mass is 278 g/mol. The first-order valence-corrected chi connectivity index (χ1v) is 7.07. The van der Waals surface area contributed by atoms with Gasteiger partial charge in [0, 0.05) is 0 Å². The molecule has 0 spiro atoms. The van der Waals surface area contributed by atoms with Crippen LogP contribution in [0.4, 0.5) is 0 Å². The van der Waals surface area contributed by atoms with Gasteiger partial charge in [0.05, 0.1) is 7.11 Å². The molecule has 0 amide bonds. The van der Waals surface area contributed by atoms with Gasteiger partial charge in [0.1, 0.15) is 16.4 Å². The molecule has 100 valence electrons. The lowest BCUT2D eigenvalue weighted by Crippen LogP contribution is -2.09. The van der Waals surface area contributed by atoms with E-state index in [1.807, 2.05) is 6.92 Å². The minimum Gasteiger partial charge on any atom is -0.497 e. The third kappa shape index (κ3) is 3.26. The van der Waals surface area contributed by atoms with E-state index in [4.69, 9.17) is 8.92 Å². The summed E-state index contributed by atoms with van der Waals surface area (Å²) in [6.07, 6.45) is 0. The second-order valence-electron chi connectivity index (χ2n) is 4.03. The van der Waals surface area contributed by atoms with Crippen LogP contribution in [0.25, 0.3) is 0 Å². The van der Waals surface area contributed by atoms with E-state index >= 15 is 0 Å². The average molecular weight is 278 g/mol. The first-order valence-electron chi connectivity index (χ1n) is 5.66. The number of hydrogen-bond acceptors (Lipinski definition) is 4. The van der Waals surface area contributed by atoms with Gasteiger partial charge in [-0.2, -0.15) is 8.42 Å². The Kier molecular flexibility index (Phi) is 3.76. The number of rotatable bonds is 4. The summed E-state index contributed by atoms with van der Waals surface area (Å²) in [5.41, 5.74) is 0.989. The number of benzene rings is 2. The molecule has 2 aromatic rings. The lowest BCUT2D eigenvalue weighted by molar-refractivity contribution is 0.413. The van der Waals surface area contributed by atoms with E-state index in [-0.39, 0.29) is 10.6 Å². The summed E-state index contributed by atoms with van der Waals surface area (Å²) in [5, 5.41) is 0. The fraction of sp³-hybridized carbons (Fsp3) is 0.143. The summed E-state index contributed by atoms with van der Waals surface area (Å²) in [5.74, 6) is 0.890. The molecule has 5 heteroatoms. The van der Waals surface area contributed by atoms with Crippen molar-refractivity contribution in [1.29, 1.82) is 0 Å². The van der Waals surface area contributed by atoms with Gasteiger partial charge in [-0.05, 0) is 43.3 Å². The summed E-state index contributed by atoms with van der Waals surface area (Å²) >= 11 is 0. The Morgan fingerprint density at radius 3 is 1.89 bits per heavy atom. The highest BCUT2D eigenvalue weighted by atomic mass is 32.2.